The van der Waals surface area contributed by atoms with Gasteiger partial charge in [-0.3, -0.25) is 14.4 Å². The van der Waals surface area contributed by atoms with Gasteiger partial charge >= 0.3 is 11.9 Å². The summed E-state index contributed by atoms with van der Waals surface area (Å²) in [6, 6.07) is 0. The van der Waals surface area contributed by atoms with Crippen molar-refractivity contribution in [2.24, 2.45) is 46.3 Å². The van der Waals surface area contributed by atoms with Gasteiger partial charge < -0.3 is 9.47 Å². The molecule has 5 nitrogen and oxygen atoms in total. The molecule has 0 amide bonds. The molecule has 4 fully saturated rings. The normalized spacial score (nSPS) is 46.5. The Morgan fingerprint density at radius 1 is 0.879 bits per heavy atom. The molecule has 0 heterocycles. The SMILES string of the molecule is CC(=O)[C@H]1CC[C@H]2[C@@H]3CCC4CC(OC(=O)CCl)C(C)C[C@]4(C)[C@H]3C(OC(=O)CCl)C[C@]12C. The summed E-state index contributed by atoms with van der Waals surface area (Å²) in [5.41, 5.74) is -0.148. The summed E-state index contributed by atoms with van der Waals surface area (Å²) in [6.07, 6.45) is 6.29. The van der Waals surface area contributed by atoms with Crippen molar-refractivity contribution in [3.8, 4) is 0 Å². The molecule has 4 saturated carbocycles. The van der Waals surface area contributed by atoms with Crippen LogP contribution < -0.4 is 0 Å². The first-order valence-corrected chi connectivity index (χ1v) is 13.6. The summed E-state index contributed by atoms with van der Waals surface area (Å²) < 4.78 is 11.8. The van der Waals surface area contributed by atoms with E-state index in [-0.39, 0.29) is 70.3 Å². The van der Waals surface area contributed by atoms with Gasteiger partial charge in [0.1, 0.15) is 29.8 Å². The molecule has 0 spiro atoms. The zero-order valence-electron chi connectivity index (χ0n) is 20.3. The summed E-state index contributed by atoms with van der Waals surface area (Å²) in [4.78, 5) is 36.9. The Hall–Kier alpha value is -0.810. The minimum Gasteiger partial charge on any atom is -0.461 e. The van der Waals surface area contributed by atoms with E-state index < -0.39 is 0 Å². The van der Waals surface area contributed by atoms with E-state index in [9.17, 15) is 14.4 Å². The third-order valence-corrected chi connectivity index (χ3v) is 10.6. The molecule has 7 heteroatoms. The Bertz CT molecular complexity index is 802. The first-order chi connectivity index (χ1) is 15.5. The maximum absolute atomic E-state index is 12.6. The molecular formula is C26H38Cl2O5. The van der Waals surface area contributed by atoms with E-state index in [0.29, 0.717) is 17.8 Å². The first-order valence-electron chi connectivity index (χ1n) is 12.6. The highest BCUT2D eigenvalue weighted by atomic mass is 35.5. The van der Waals surface area contributed by atoms with E-state index in [1.165, 1.54) is 0 Å². The number of carbonyl (C=O) groups is 3. The van der Waals surface area contributed by atoms with Gasteiger partial charge in [-0.1, -0.05) is 20.8 Å². The average Bonchev–Trinajstić information content (AvgIpc) is 3.10. The van der Waals surface area contributed by atoms with Gasteiger partial charge in [-0.05, 0) is 86.4 Å². The second-order valence-electron chi connectivity index (χ2n) is 11.8. The maximum atomic E-state index is 12.6. The Labute approximate surface area is 207 Å². The van der Waals surface area contributed by atoms with Crippen LogP contribution in [-0.2, 0) is 23.9 Å². The number of hydrogen-bond acceptors (Lipinski definition) is 5. The number of carbonyl (C=O) groups excluding carboxylic acids is 3. The fourth-order valence-electron chi connectivity index (χ4n) is 9.01. The van der Waals surface area contributed by atoms with Crippen LogP contribution in [0.4, 0.5) is 0 Å². The van der Waals surface area contributed by atoms with Crippen LogP contribution in [0.15, 0.2) is 0 Å². The van der Waals surface area contributed by atoms with Gasteiger partial charge in [-0.25, -0.2) is 0 Å². The molecule has 0 aromatic heterocycles. The summed E-state index contributed by atoms with van der Waals surface area (Å²) in [7, 11) is 0. The van der Waals surface area contributed by atoms with Crippen LogP contribution in [0, 0.1) is 46.3 Å². The Kier molecular flexibility index (Phi) is 7.15. The first kappa shape index (κ1) is 25.3. The molecule has 186 valence electrons. The van der Waals surface area contributed by atoms with Crippen LogP contribution in [0.2, 0.25) is 0 Å². The predicted octanol–water partition coefficient (Wildman–Crippen LogP) is 5.39. The second kappa shape index (κ2) is 9.33. The number of alkyl halides is 2. The molecule has 4 aliphatic carbocycles. The fourth-order valence-corrected chi connectivity index (χ4v) is 9.14. The Balaban J connectivity index is 1.67. The lowest BCUT2D eigenvalue weighted by atomic mass is 9.43. The monoisotopic (exact) mass is 500 g/mol. The lowest BCUT2D eigenvalue weighted by molar-refractivity contribution is -0.205. The Morgan fingerprint density at radius 3 is 2.12 bits per heavy atom. The van der Waals surface area contributed by atoms with Crippen LogP contribution in [0.5, 0.6) is 0 Å². The summed E-state index contributed by atoms with van der Waals surface area (Å²) in [6.45, 7) is 8.50. The molecule has 4 unspecified atom stereocenters. The van der Waals surface area contributed by atoms with E-state index in [1.807, 2.05) is 0 Å². The largest absolute Gasteiger partial charge is 0.461 e. The van der Waals surface area contributed by atoms with Crippen LogP contribution in [-0.4, -0.2) is 41.7 Å². The topological polar surface area (TPSA) is 69.7 Å². The molecule has 33 heavy (non-hydrogen) atoms. The third kappa shape index (κ3) is 4.24. The molecule has 0 aromatic carbocycles. The number of ketones is 1. The van der Waals surface area contributed by atoms with E-state index in [0.717, 1.165) is 44.9 Å². The molecule has 0 aliphatic heterocycles. The maximum Gasteiger partial charge on any atom is 0.321 e. The third-order valence-electron chi connectivity index (χ3n) is 10.2. The van der Waals surface area contributed by atoms with Gasteiger partial charge in [-0.2, -0.15) is 0 Å². The van der Waals surface area contributed by atoms with Gasteiger partial charge in [0.25, 0.3) is 0 Å². The highest BCUT2D eigenvalue weighted by Crippen LogP contribution is 2.68. The van der Waals surface area contributed by atoms with Crippen LogP contribution in [0.3, 0.4) is 0 Å². The van der Waals surface area contributed by atoms with Gasteiger partial charge in [-0.15, -0.1) is 23.2 Å². The van der Waals surface area contributed by atoms with E-state index in [4.69, 9.17) is 32.7 Å². The number of halogens is 2. The van der Waals surface area contributed by atoms with Crippen LogP contribution in [0.1, 0.15) is 72.6 Å². The van der Waals surface area contributed by atoms with Crippen molar-refractivity contribution in [1.82, 2.24) is 0 Å². The van der Waals surface area contributed by atoms with Crippen LogP contribution in [0.25, 0.3) is 0 Å². The van der Waals surface area contributed by atoms with Crippen molar-refractivity contribution in [2.45, 2.75) is 84.8 Å². The lowest BCUT2D eigenvalue weighted by Crippen LogP contribution is -2.61. The lowest BCUT2D eigenvalue weighted by Gasteiger charge is -2.63. The smallest absolute Gasteiger partial charge is 0.321 e. The number of fused-ring (bicyclic) bond motifs is 5. The number of esters is 2. The molecule has 0 N–H and O–H groups in total. The zero-order chi connectivity index (χ0) is 24.1. The number of Topliss-reactive ketones (excluding diaryl/α,β-unsaturated/α-hetero) is 1. The van der Waals surface area contributed by atoms with Gasteiger partial charge in [0, 0.05) is 11.8 Å². The van der Waals surface area contributed by atoms with Gasteiger partial charge in [0.2, 0.25) is 0 Å². The quantitative estimate of drug-likeness (QED) is 0.373. The molecular weight excluding hydrogens is 463 g/mol. The van der Waals surface area contributed by atoms with Crippen molar-refractivity contribution in [3.05, 3.63) is 0 Å². The highest BCUT2D eigenvalue weighted by molar-refractivity contribution is 6.26. The van der Waals surface area contributed by atoms with Crippen molar-refractivity contribution >= 4 is 40.9 Å². The second-order valence-corrected chi connectivity index (χ2v) is 12.3. The fraction of sp³-hybridized carbons (Fsp3) is 0.885. The minimum atomic E-state index is -0.372. The number of ether oxygens (including phenoxy) is 2. The molecule has 0 aromatic rings. The van der Waals surface area contributed by atoms with E-state index in [1.54, 1.807) is 6.92 Å². The number of hydrogen-bond donors (Lipinski definition) is 0. The molecule has 4 rings (SSSR count). The molecule has 0 radical (unpaired) electrons. The van der Waals surface area contributed by atoms with Gasteiger partial charge in [0.15, 0.2) is 0 Å². The van der Waals surface area contributed by atoms with Crippen molar-refractivity contribution in [2.75, 3.05) is 11.8 Å². The molecule has 4 aliphatic rings. The van der Waals surface area contributed by atoms with Crippen LogP contribution >= 0.6 is 23.2 Å². The van der Waals surface area contributed by atoms with Gasteiger partial charge in [0.05, 0.1) is 0 Å². The van der Waals surface area contributed by atoms with Crippen molar-refractivity contribution in [1.29, 1.82) is 0 Å². The summed E-state index contributed by atoms with van der Waals surface area (Å²) in [5, 5.41) is 0. The average molecular weight is 501 g/mol. The van der Waals surface area contributed by atoms with E-state index in [2.05, 4.69) is 20.8 Å². The molecule has 0 bridgehead atoms. The number of rotatable bonds is 5. The Morgan fingerprint density at radius 2 is 1.52 bits per heavy atom. The summed E-state index contributed by atoms with van der Waals surface area (Å²) in [5.74, 6) is 1.04. The molecule has 0 saturated heterocycles. The molecule has 10 atom stereocenters. The van der Waals surface area contributed by atoms with Crippen molar-refractivity contribution in [3.63, 3.8) is 0 Å². The predicted molar refractivity (Wildman–Crippen MR) is 127 cm³/mol. The zero-order valence-corrected chi connectivity index (χ0v) is 21.8. The highest BCUT2D eigenvalue weighted by Gasteiger charge is 2.65. The standard InChI is InChI=1S/C26H38Cl2O5/c1-14-10-25(3)16(9-20(14)32-22(30)12-27)5-6-17-19-8-7-18(15(2)29)26(19,4)11-21(24(17)25)33-23(31)13-28/h14,16-21,24H,5-13H2,1-4H3/t14?,16?,17-,18+,19-,20?,21?,24+,25-,26+/m0/s1. The van der Waals surface area contributed by atoms with E-state index >= 15 is 0 Å². The summed E-state index contributed by atoms with van der Waals surface area (Å²) >= 11 is 11.6. The minimum absolute atomic E-state index is 0.0148. The van der Waals surface area contributed by atoms with Crippen molar-refractivity contribution < 1.29 is 23.9 Å².